The molecule has 0 spiro atoms. The van der Waals surface area contributed by atoms with Crippen molar-refractivity contribution < 1.29 is 14.1 Å². The Hall–Kier alpha value is -2.02. The van der Waals surface area contributed by atoms with Crippen LogP contribution in [-0.2, 0) is 4.79 Å². The molecule has 126 valence electrons. The monoisotopic (exact) mass is 345 g/mol. The van der Waals surface area contributed by atoms with Gasteiger partial charge in [-0.2, -0.15) is 4.98 Å². The van der Waals surface area contributed by atoms with Crippen molar-refractivity contribution in [1.82, 2.24) is 15.0 Å². The van der Waals surface area contributed by atoms with E-state index in [9.17, 15) is 4.79 Å². The Kier molecular flexibility index (Phi) is 4.18. The van der Waals surface area contributed by atoms with Gasteiger partial charge < -0.3 is 14.2 Å². The maximum Gasteiger partial charge on any atom is 0.264 e. The summed E-state index contributed by atoms with van der Waals surface area (Å²) in [5.74, 6) is 2.92. The number of likely N-dealkylation sites (tertiary alicyclic amines) is 1. The molecule has 0 unspecified atom stereocenters. The van der Waals surface area contributed by atoms with E-state index in [1.54, 1.807) is 18.7 Å². The summed E-state index contributed by atoms with van der Waals surface area (Å²) >= 11 is 1.68. The van der Waals surface area contributed by atoms with Crippen LogP contribution >= 0.6 is 11.8 Å². The van der Waals surface area contributed by atoms with Crippen LogP contribution in [-0.4, -0.2) is 45.9 Å². The molecule has 7 heteroatoms. The van der Waals surface area contributed by atoms with Crippen LogP contribution in [0.5, 0.6) is 5.75 Å². The second kappa shape index (κ2) is 6.47. The van der Waals surface area contributed by atoms with E-state index < -0.39 is 6.10 Å². The number of benzene rings is 1. The molecule has 4 rings (SSSR count). The summed E-state index contributed by atoms with van der Waals surface area (Å²) in [7, 11) is 0. The second-order valence-electron chi connectivity index (χ2n) is 6.16. The number of hydrogen-bond acceptors (Lipinski definition) is 6. The van der Waals surface area contributed by atoms with E-state index in [1.807, 2.05) is 29.2 Å². The Morgan fingerprint density at radius 1 is 1.38 bits per heavy atom. The highest BCUT2D eigenvalue weighted by molar-refractivity contribution is 7.99. The summed E-state index contributed by atoms with van der Waals surface area (Å²) in [5.41, 5.74) is 0. The topological polar surface area (TPSA) is 68.5 Å². The van der Waals surface area contributed by atoms with Crippen LogP contribution < -0.4 is 4.74 Å². The normalized spacial score (nSPS) is 23.5. The van der Waals surface area contributed by atoms with Crippen LogP contribution in [0.1, 0.15) is 30.5 Å². The molecule has 0 saturated carbocycles. The van der Waals surface area contributed by atoms with E-state index >= 15 is 0 Å². The van der Waals surface area contributed by atoms with E-state index in [4.69, 9.17) is 9.26 Å². The second-order valence-corrected chi connectivity index (χ2v) is 7.22. The van der Waals surface area contributed by atoms with Gasteiger partial charge in [0.1, 0.15) is 5.75 Å². The molecule has 1 aromatic heterocycles. The minimum atomic E-state index is -0.421. The van der Waals surface area contributed by atoms with Crippen LogP contribution in [0, 0.1) is 6.92 Å². The third-order valence-corrected chi connectivity index (χ3v) is 5.54. The lowest BCUT2D eigenvalue weighted by Gasteiger charge is -2.35. The van der Waals surface area contributed by atoms with Gasteiger partial charge in [0.15, 0.2) is 11.9 Å². The summed E-state index contributed by atoms with van der Waals surface area (Å²) < 4.78 is 11.0. The molecule has 0 radical (unpaired) electrons. The number of aromatic nitrogens is 2. The van der Waals surface area contributed by atoms with E-state index in [1.165, 1.54) is 0 Å². The highest BCUT2D eigenvalue weighted by Gasteiger charge is 2.34. The van der Waals surface area contributed by atoms with Gasteiger partial charge in [-0.05, 0) is 25.0 Å². The number of carbonyl (C=O) groups excluding carboxylic acids is 1. The molecule has 2 aliphatic rings. The first-order valence-electron chi connectivity index (χ1n) is 8.18. The van der Waals surface area contributed by atoms with Gasteiger partial charge in [-0.1, -0.05) is 17.3 Å². The zero-order valence-electron chi connectivity index (χ0n) is 13.5. The number of nitrogens with zero attached hydrogens (tertiary/aromatic N) is 3. The van der Waals surface area contributed by atoms with Gasteiger partial charge in [-0.15, -0.1) is 11.8 Å². The van der Waals surface area contributed by atoms with Crippen molar-refractivity contribution in [3.63, 3.8) is 0 Å². The maximum atomic E-state index is 12.9. The summed E-state index contributed by atoms with van der Waals surface area (Å²) in [6.45, 7) is 3.18. The molecule has 2 aromatic rings. The van der Waals surface area contributed by atoms with E-state index in [0.29, 0.717) is 24.0 Å². The van der Waals surface area contributed by atoms with Gasteiger partial charge >= 0.3 is 0 Å². The molecule has 0 N–H and O–H groups in total. The third kappa shape index (κ3) is 3.00. The Balaban J connectivity index is 1.45. The zero-order chi connectivity index (χ0) is 16.5. The van der Waals surface area contributed by atoms with Gasteiger partial charge in [0.05, 0.1) is 0 Å². The van der Waals surface area contributed by atoms with Crippen LogP contribution in [0.3, 0.4) is 0 Å². The van der Waals surface area contributed by atoms with Crippen LogP contribution in [0.25, 0.3) is 0 Å². The SMILES string of the molecule is Cc1nc([C@@H]2CCCN(C(=O)[C@@H]3CSc4ccccc4O3)C2)no1. The maximum absolute atomic E-state index is 12.9. The number of amides is 1. The van der Waals surface area contributed by atoms with Crippen molar-refractivity contribution in [3.8, 4) is 5.75 Å². The smallest absolute Gasteiger partial charge is 0.264 e. The van der Waals surface area contributed by atoms with Crippen LogP contribution in [0.2, 0.25) is 0 Å². The molecule has 24 heavy (non-hydrogen) atoms. The van der Waals surface area contributed by atoms with Crippen LogP contribution in [0.15, 0.2) is 33.7 Å². The highest BCUT2D eigenvalue weighted by Crippen LogP contribution is 2.36. The molecular formula is C17H19N3O3S. The molecular weight excluding hydrogens is 326 g/mol. The fourth-order valence-electron chi connectivity index (χ4n) is 3.21. The van der Waals surface area contributed by atoms with Gasteiger partial charge in [0.2, 0.25) is 5.89 Å². The first-order valence-corrected chi connectivity index (χ1v) is 9.17. The van der Waals surface area contributed by atoms with Crippen molar-refractivity contribution in [1.29, 1.82) is 0 Å². The first kappa shape index (κ1) is 15.5. The lowest BCUT2D eigenvalue weighted by atomic mass is 9.97. The number of hydrogen-bond donors (Lipinski definition) is 0. The molecule has 0 bridgehead atoms. The number of ether oxygens (including phenoxy) is 1. The lowest BCUT2D eigenvalue weighted by Crippen LogP contribution is -2.48. The van der Waals surface area contributed by atoms with E-state index in [0.717, 1.165) is 30.0 Å². The van der Waals surface area contributed by atoms with Gasteiger partial charge in [-0.3, -0.25) is 4.79 Å². The van der Waals surface area contributed by atoms with Crippen LogP contribution in [0.4, 0.5) is 0 Å². The molecule has 1 aromatic carbocycles. The average molecular weight is 345 g/mol. The number of thioether (sulfide) groups is 1. The van der Waals surface area contributed by atoms with E-state index in [-0.39, 0.29) is 11.8 Å². The number of rotatable bonds is 2. The highest BCUT2D eigenvalue weighted by atomic mass is 32.2. The Bertz CT molecular complexity index is 748. The minimum absolute atomic E-state index is 0.0573. The van der Waals surface area contributed by atoms with Crippen molar-refractivity contribution in [2.24, 2.45) is 0 Å². The Morgan fingerprint density at radius 3 is 3.08 bits per heavy atom. The third-order valence-electron chi connectivity index (χ3n) is 4.43. The zero-order valence-corrected chi connectivity index (χ0v) is 14.3. The Morgan fingerprint density at radius 2 is 2.25 bits per heavy atom. The number of piperidine rings is 1. The summed E-state index contributed by atoms with van der Waals surface area (Å²) in [6, 6.07) is 7.86. The molecule has 1 saturated heterocycles. The number of aryl methyl sites for hydroxylation is 1. The number of carbonyl (C=O) groups is 1. The Labute approximate surface area is 144 Å². The van der Waals surface area contributed by atoms with Crippen molar-refractivity contribution >= 4 is 17.7 Å². The molecule has 2 atom stereocenters. The predicted octanol–water partition coefficient (Wildman–Crippen LogP) is 2.64. The van der Waals surface area contributed by atoms with Gasteiger partial charge in [0, 0.05) is 36.6 Å². The number of para-hydroxylation sites is 1. The molecule has 1 fully saturated rings. The standard InChI is InChI=1S/C17H19N3O3S/c1-11-18-16(19-23-11)12-5-4-8-20(9-12)17(21)14-10-24-15-7-3-2-6-13(15)22-14/h2-3,6-7,12,14H,4-5,8-10H2,1H3/t12-,14+/m1/s1. The van der Waals surface area contributed by atoms with Crippen molar-refractivity contribution in [2.45, 2.75) is 36.7 Å². The molecule has 1 amide bonds. The molecule has 0 aliphatic carbocycles. The van der Waals surface area contributed by atoms with E-state index in [2.05, 4.69) is 10.1 Å². The van der Waals surface area contributed by atoms with Gasteiger partial charge in [-0.25, -0.2) is 0 Å². The largest absolute Gasteiger partial charge is 0.479 e. The fraction of sp³-hybridized carbons (Fsp3) is 0.471. The van der Waals surface area contributed by atoms with Crippen molar-refractivity contribution in [2.75, 3.05) is 18.8 Å². The molecule has 2 aliphatic heterocycles. The number of fused-ring (bicyclic) bond motifs is 1. The summed E-state index contributed by atoms with van der Waals surface area (Å²) in [4.78, 5) is 20.2. The van der Waals surface area contributed by atoms with Gasteiger partial charge in [0.25, 0.3) is 5.91 Å². The van der Waals surface area contributed by atoms with Crippen molar-refractivity contribution in [3.05, 3.63) is 36.0 Å². The molecule has 6 nitrogen and oxygen atoms in total. The molecule has 3 heterocycles. The lowest BCUT2D eigenvalue weighted by molar-refractivity contribution is -0.139. The average Bonchev–Trinajstić information content (AvgIpc) is 3.07. The minimum Gasteiger partial charge on any atom is -0.479 e. The summed E-state index contributed by atoms with van der Waals surface area (Å²) in [5, 5.41) is 4.02. The first-order chi connectivity index (χ1) is 11.7. The fourth-order valence-corrected chi connectivity index (χ4v) is 4.19. The predicted molar refractivity (Wildman–Crippen MR) is 89.2 cm³/mol. The quantitative estimate of drug-likeness (QED) is 0.833. The summed E-state index contributed by atoms with van der Waals surface area (Å²) in [6.07, 6.45) is 1.50.